The first-order valence-electron chi connectivity index (χ1n) is 7.27. The van der Waals surface area contributed by atoms with E-state index in [0.717, 1.165) is 31.0 Å². The van der Waals surface area contributed by atoms with Crippen LogP contribution in [0.25, 0.3) is 0 Å². The first-order chi connectivity index (χ1) is 9.24. The summed E-state index contributed by atoms with van der Waals surface area (Å²) in [4.78, 5) is 18.6. The molecule has 1 aromatic rings. The highest BCUT2D eigenvalue weighted by Gasteiger charge is 2.34. The zero-order valence-corrected chi connectivity index (χ0v) is 11.2. The highest BCUT2D eigenvalue weighted by Crippen LogP contribution is 2.34. The minimum absolute atomic E-state index is 0.228. The molecule has 2 fully saturated rings. The van der Waals surface area contributed by atoms with Crippen molar-refractivity contribution in [2.75, 3.05) is 10.6 Å². The fourth-order valence-corrected chi connectivity index (χ4v) is 2.62. The van der Waals surface area contributed by atoms with E-state index in [2.05, 4.69) is 4.98 Å². The third-order valence-corrected chi connectivity index (χ3v) is 4.19. The number of carbonyl (C=O) groups is 1. The van der Waals surface area contributed by atoms with Gasteiger partial charge in [-0.25, -0.2) is 4.98 Å². The van der Waals surface area contributed by atoms with E-state index in [1.54, 1.807) is 6.20 Å². The molecule has 0 atom stereocenters. The van der Waals surface area contributed by atoms with E-state index in [-0.39, 0.29) is 5.91 Å². The van der Waals surface area contributed by atoms with Crippen LogP contribution in [0.4, 0.5) is 11.5 Å². The van der Waals surface area contributed by atoms with Crippen molar-refractivity contribution < 1.29 is 4.79 Å². The second-order valence-corrected chi connectivity index (χ2v) is 5.78. The van der Waals surface area contributed by atoms with E-state index in [1.165, 1.54) is 19.3 Å². The molecule has 4 heteroatoms. The Morgan fingerprint density at radius 1 is 1.32 bits per heavy atom. The van der Waals surface area contributed by atoms with Gasteiger partial charge in [-0.1, -0.05) is 19.3 Å². The third kappa shape index (κ3) is 2.88. The van der Waals surface area contributed by atoms with Gasteiger partial charge in [0.05, 0.1) is 11.9 Å². The van der Waals surface area contributed by atoms with Gasteiger partial charge in [0.1, 0.15) is 5.82 Å². The summed E-state index contributed by atoms with van der Waals surface area (Å²) in [6, 6.07) is 4.04. The Hall–Kier alpha value is -1.58. The van der Waals surface area contributed by atoms with Crippen LogP contribution >= 0.6 is 0 Å². The average molecular weight is 259 g/mol. The largest absolute Gasteiger partial charge is 0.397 e. The molecule has 1 amide bonds. The summed E-state index contributed by atoms with van der Waals surface area (Å²) in [5.74, 6) is 1.77. The van der Waals surface area contributed by atoms with E-state index in [0.29, 0.717) is 18.2 Å². The number of pyridine rings is 1. The van der Waals surface area contributed by atoms with Crippen molar-refractivity contribution in [3.05, 3.63) is 18.3 Å². The van der Waals surface area contributed by atoms with E-state index < -0.39 is 0 Å². The van der Waals surface area contributed by atoms with Crippen LogP contribution in [-0.4, -0.2) is 16.9 Å². The molecule has 3 rings (SSSR count). The lowest BCUT2D eigenvalue weighted by molar-refractivity contribution is -0.119. The fourth-order valence-electron chi connectivity index (χ4n) is 2.62. The molecular formula is C15H21N3O. The van der Waals surface area contributed by atoms with E-state index in [1.807, 2.05) is 17.0 Å². The van der Waals surface area contributed by atoms with Crippen LogP contribution in [0.1, 0.15) is 44.9 Å². The molecule has 1 heterocycles. The van der Waals surface area contributed by atoms with Crippen molar-refractivity contribution in [3.8, 4) is 0 Å². The van der Waals surface area contributed by atoms with Crippen molar-refractivity contribution in [1.82, 2.24) is 4.98 Å². The molecule has 0 unspecified atom stereocenters. The lowest BCUT2D eigenvalue weighted by Crippen LogP contribution is -2.34. The Balaban J connectivity index is 1.65. The molecule has 0 saturated heterocycles. The standard InChI is InChI=1S/C15H21N3O/c16-12-5-8-14(17-10-12)18(13-6-7-13)15(19)9-4-11-2-1-3-11/h5,8,10-11,13H,1-4,6-7,9,16H2. The predicted octanol–water partition coefficient (Wildman–Crippen LogP) is 2.74. The number of nitrogens with two attached hydrogens (primary N) is 1. The van der Waals surface area contributed by atoms with Crippen LogP contribution in [0.5, 0.6) is 0 Å². The zero-order valence-electron chi connectivity index (χ0n) is 11.2. The summed E-state index contributed by atoms with van der Waals surface area (Å²) >= 11 is 0. The Morgan fingerprint density at radius 3 is 2.63 bits per heavy atom. The van der Waals surface area contributed by atoms with E-state index in [9.17, 15) is 4.79 Å². The first kappa shape index (κ1) is 12.5. The maximum Gasteiger partial charge on any atom is 0.228 e. The molecule has 0 radical (unpaired) electrons. The van der Waals surface area contributed by atoms with Gasteiger partial charge in [0.15, 0.2) is 0 Å². The maximum atomic E-state index is 12.4. The number of hydrogen-bond acceptors (Lipinski definition) is 3. The second kappa shape index (κ2) is 5.19. The molecule has 0 aliphatic heterocycles. The fraction of sp³-hybridized carbons (Fsp3) is 0.600. The first-order valence-corrected chi connectivity index (χ1v) is 7.27. The monoisotopic (exact) mass is 259 g/mol. The van der Waals surface area contributed by atoms with Crippen LogP contribution in [0.3, 0.4) is 0 Å². The van der Waals surface area contributed by atoms with Crippen LogP contribution < -0.4 is 10.6 Å². The van der Waals surface area contributed by atoms with Gasteiger partial charge >= 0.3 is 0 Å². The van der Waals surface area contributed by atoms with Gasteiger partial charge in [0.25, 0.3) is 0 Å². The van der Waals surface area contributed by atoms with Gasteiger partial charge in [-0.15, -0.1) is 0 Å². The summed E-state index contributed by atoms with van der Waals surface area (Å²) in [6.07, 6.45) is 9.47. The Morgan fingerprint density at radius 2 is 2.11 bits per heavy atom. The van der Waals surface area contributed by atoms with Gasteiger partial charge in [-0.3, -0.25) is 9.69 Å². The highest BCUT2D eigenvalue weighted by molar-refractivity contribution is 5.93. The quantitative estimate of drug-likeness (QED) is 0.884. The van der Waals surface area contributed by atoms with Gasteiger partial charge in [0.2, 0.25) is 5.91 Å². The minimum atomic E-state index is 0.228. The van der Waals surface area contributed by atoms with Crippen LogP contribution in [0.2, 0.25) is 0 Å². The van der Waals surface area contributed by atoms with Crippen LogP contribution in [0, 0.1) is 5.92 Å². The highest BCUT2D eigenvalue weighted by atomic mass is 16.2. The van der Waals surface area contributed by atoms with Crippen LogP contribution in [-0.2, 0) is 4.79 Å². The summed E-state index contributed by atoms with van der Waals surface area (Å²) in [5.41, 5.74) is 6.29. The van der Waals surface area contributed by atoms with Crippen molar-refractivity contribution in [1.29, 1.82) is 0 Å². The number of anilines is 2. The molecule has 19 heavy (non-hydrogen) atoms. The Kier molecular flexibility index (Phi) is 3.40. The summed E-state index contributed by atoms with van der Waals surface area (Å²) in [6.45, 7) is 0. The van der Waals surface area contributed by atoms with Gasteiger partial charge in [-0.05, 0) is 37.3 Å². The van der Waals surface area contributed by atoms with Gasteiger partial charge in [0, 0.05) is 12.5 Å². The van der Waals surface area contributed by atoms with Crippen molar-refractivity contribution in [3.63, 3.8) is 0 Å². The number of aromatic nitrogens is 1. The third-order valence-electron chi connectivity index (χ3n) is 4.19. The molecule has 2 aliphatic carbocycles. The number of rotatable bonds is 5. The number of amides is 1. The summed E-state index contributed by atoms with van der Waals surface area (Å²) < 4.78 is 0. The molecule has 0 bridgehead atoms. The molecular weight excluding hydrogens is 238 g/mol. The average Bonchev–Trinajstić information content (AvgIpc) is 3.14. The zero-order chi connectivity index (χ0) is 13.2. The molecule has 1 aromatic heterocycles. The lowest BCUT2D eigenvalue weighted by Gasteiger charge is -2.27. The number of hydrogen-bond donors (Lipinski definition) is 1. The molecule has 2 saturated carbocycles. The molecule has 0 aromatic carbocycles. The summed E-state index contributed by atoms with van der Waals surface area (Å²) in [5, 5.41) is 0. The number of carbonyl (C=O) groups excluding carboxylic acids is 1. The Bertz CT molecular complexity index is 449. The second-order valence-electron chi connectivity index (χ2n) is 5.78. The van der Waals surface area contributed by atoms with E-state index >= 15 is 0 Å². The minimum Gasteiger partial charge on any atom is -0.397 e. The predicted molar refractivity (Wildman–Crippen MR) is 75.7 cm³/mol. The lowest BCUT2D eigenvalue weighted by atomic mass is 9.82. The molecule has 2 aliphatic rings. The van der Waals surface area contributed by atoms with Crippen molar-refractivity contribution in [2.24, 2.45) is 5.92 Å². The number of nitrogens with zero attached hydrogens (tertiary/aromatic N) is 2. The maximum absolute atomic E-state index is 12.4. The molecule has 4 nitrogen and oxygen atoms in total. The van der Waals surface area contributed by atoms with Gasteiger partial charge < -0.3 is 5.73 Å². The van der Waals surface area contributed by atoms with E-state index in [4.69, 9.17) is 5.73 Å². The van der Waals surface area contributed by atoms with Gasteiger partial charge in [-0.2, -0.15) is 0 Å². The Labute approximate surface area is 114 Å². The number of nitrogen functional groups attached to an aromatic ring is 1. The molecule has 102 valence electrons. The van der Waals surface area contributed by atoms with Crippen molar-refractivity contribution >= 4 is 17.4 Å². The topological polar surface area (TPSA) is 59.2 Å². The normalized spacial score (nSPS) is 18.9. The summed E-state index contributed by atoms with van der Waals surface area (Å²) in [7, 11) is 0. The van der Waals surface area contributed by atoms with Crippen molar-refractivity contribution in [2.45, 2.75) is 51.0 Å². The molecule has 2 N–H and O–H groups in total. The van der Waals surface area contributed by atoms with Crippen LogP contribution in [0.15, 0.2) is 18.3 Å². The SMILES string of the molecule is Nc1ccc(N(C(=O)CCC2CCC2)C2CC2)nc1. The smallest absolute Gasteiger partial charge is 0.228 e. The molecule has 0 spiro atoms.